The van der Waals surface area contributed by atoms with Gasteiger partial charge in [-0.15, -0.1) is 11.3 Å². The Kier molecular flexibility index (Phi) is 8.53. The van der Waals surface area contributed by atoms with E-state index in [4.69, 9.17) is 0 Å². The highest BCUT2D eigenvalue weighted by Gasteiger charge is 2.15. The van der Waals surface area contributed by atoms with Gasteiger partial charge in [-0.2, -0.15) is 0 Å². The van der Waals surface area contributed by atoms with Crippen molar-refractivity contribution in [1.82, 2.24) is 10.2 Å². The molecule has 0 aliphatic heterocycles. The van der Waals surface area contributed by atoms with Crippen molar-refractivity contribution in [3.63, 3.8) is 0 Å². The second-order valence-electron chi connectivity index (χ2n) is 6.41. The van der Waals surface area contributed by atoms with E-state index in [-0.39, 0.29) is 0 Å². The van der Waals surface area contributed by atoms with E-state index in [1.807, 2.05) is 11.3 Å². The minimum atomic E-state index is 0.553. The number of aryl methyl sites for hydroxylation is 1. The molecule has 1 aromatic heterocycles. The lowest BCUT2D eigenvalue weighted by molar-refractivity contribution is 0.192. The Morgan fingerprint density at radius 1 is 1.24 bits per heavy atom. The molecule has 0 amide bonds. The first-order valence-electron chi connectivity index (χ1n) is 8.53. The Morgan fingerprint density at radius 3 is 2.52 bits per heavy atom. The number of thiophene rings is 1. The summed E-state index contributed by atoms with van der Waals surface area (Å²) in [6.45, 7) is 16.9. The molecular weight excluding hydrogens is 276 g/mol. The molecule has 1 N–H and O–H groups in total. The molecule has 0 fully saturated rings. The number of unbranched alkanes of at least 4 members (excludes halogenated alkanes) is 1. The predicted octanol–water partition coefficient (Wildman–Crippen LogP) is 4.96. The van der Waals surface area contributed by atoms with Crippen LogP contribution in [-0.2, 0) is 13.1 Å². The quantitative estimate of drug-likeness (QED) is 0.657. The molecule has 0 saturated heterocycles. The first-order valence-corrected chi connectivity index (χ1v) is 9.35. The van der Waals surface area contributed by atoms with Crippen LogP contribution in [0.4, 0.5) is 0 Å². The van der Waals surface area contributed by atoms with Gasteiger partial charge in [-0.3, -0.25) is 4.90 Å². The first-order chi connectivity index (χ1) is 9.97. The lowest BCUT2D eigenvalue weighted by Crippen LogP contribution is -2.33. The van der Waals surface area contributed by atoms with Gasteiger partial charge in [0.1, 0.15) is 0 Å². The van der Waals surface area contributed by atoms with Crippen molar-refractivity contribution in [3.8, 4) is 0 Å². The molecule has 122 valence electrons. The van der Waals surface area contributed by atoms with Crippen LogP contribution >= 0.6 is 11.3 Å². The third kappa shape index (κ3) is 6.50. The first kappa shape index (κ1) is 18.7. The van der Waals surface area contributed by atoms with Gasteiger partial charge >= 0.3 is 0 Å². The monoisotopic (exact) mass is 310 g/mol. The number of hydrogen-bond donors (Lipinski definition) is 1. The van der Waals surface area contributed by atoms with Crippen LogP contribution < -0.4 is 5.32 Å². The van der Waals surface area contributed by atoms with Crippen molar-refractivity contribution >= 4 is 11.3 Å². The molecule has 0 bridgehead atoms. The fourth-order valence-electron chi connectivity index (χ4n) is 2.43. The minimum Gasteiger partial charge on any atom is -0.310 e. The van der Waals surface area contributed by atoms with Crippen molar-refractivity contribution in [3.05, 3.63) is 21.4 Å². The van der Waals surface area contributed by atoms with E-state index < -0.39 is 0 Å². The maximum absolute atomic E-state index is 3.52. The second-order valence-corrected chi connectivity index (χ2v) is 7.75. The van der Waals surface area contributed by atoms with Gasteiger partial charge in [-0.1, -0.05) is 34.1 Å². The van der Waals surface area contributed by atoms with Gasteiger partial charge in [0.15, 0.2) is 0 Å². The van der Waals surface area contributed by atoms with Gasteiger partial charge in [-0.05, 0) is 44.9 Å². The molecule has 0 aromatic carbocycles. The van der Waals surface area contributed by atoms with Crippen LogP contribution in [0, 0.1) is 6.92 Å². The molecule has 0 spiro atoms. The number of nitrogens with one attached hydrogen (secondary N) is 1. The molecule has 1 rings (SSSR count). The second kappa shape index (κ2) is 9.60. The Morgan fingerprint density at radius 2 is 1.95 bits per heavy atom. The van der Waals surface area contributed by atoms with E-state index in [1.165, 1.54) is 41.1 Å². The zero-order valence-electron chi connectivity index (χ0n) is 14.8. The number of nitrogens with zero attached hydrogens (tertiary/aromatic N) is 1. The lowest BCUT2D eigenvalue weighted by Gasteiger charge is -2.28. The smallest absolute Gasteiger partial charge is 0.0302 e. The van der Waals surface area contributed by atoms with Crippen LogP contribution in [0.5, 0.6) is 0 Å². The Labute approximate surface area is 135 Å². The zero-order chi connectivity index (χ0) is 15.8. The summed E-state index contributed by atoms with van der Waals surface area (Å²) in [5, 5.41) is 3.52. The van der Waals surface area contributed by atoms with Crippen molar-refractivity contribution < 1.29 is 0 Å². The molecule has 1 aromatic rings. The summed E-state index contributed by atoms with van der Waals surface area (Å²) in [6.07, 6.45) is 3.81. The fraction of sp³-hybridized carbons (Fsp3) is 0.778. The molecule has 0 aliphatic carbocycles. The van der Waals surface area contributed by atoms with Gasteiger partial charge in [0, 0.05) is 34.9 Å². The van der Waals surface area contributed by atoms with E-state index in [0.717, 1.165) is 13.1 Å². The van der Waals surface area contributed by atoms with Gasteiger partial charge in [0.25, 0.3) is 0 Å². The fourth-order valence-corrected chi connectivity index (χ4v) is 3.43. The zero-order valence-corrected chi connectivity index (χ0v) is 15.6. The Hall–Kier alpha value is -0.380. The summed E-state index contributed by atoms with van der Waals surface area (Å²) < 4.78 is 0. The average Bonchev–Trinajstić information content (AvgIpc) is 2.80. The van der Waals surface area contributed by atoms with Crippen LogP contribution in [0.25, 0.3) is 0 Å². The lowest BCUT2D eigenvalue weighted by atomic mass is 10.1. The maximum atomic E-state index is 3.52. The summed E-state index contributed by atoms with van der Waals surface area (Å²) in [5.74, 6) is 0. The van der Waals surface area contributed by atoms with Crippen molar-refractivity contribution in [2.24, 2.45) is 0 Å². The Bertz CT molecular complexity index is 398. The van der Waals surface area contributed by atoms with E-state index in [0.29, 0.717) is 12.1 Å². The summed E-state index contributed by atoms with van der Waals surface area (Å²) in [6, 6.07) is 3.64. The number of rotatable bonds is 10. The summed E-state index contributed by atoms with van der Waals surface area (Å²) in [5.41, 5.74) is 1.52. The van der Waals surface area contributed by atoms with Crippen molar-refractivity contribution in [2.75, 3.05) is 6.54 Å². The molecule has 0 saturated carbocycles. The highest BCUT2D eigenvalue weighted by atomic mass is 32.1. The highest BCUT2D eigenvalue weighted by molar-refractivity contribution is 7.12. The summed E-state index contributed by atoms with van der Waals surface area (Å²) in [4.78, 5) is 5.61. The van der Waals surface area contributed by atoms with Crippen LogP contribution in [0.3, 0.4) is 0 Å². The molecule has 2 nitrogen and oxygen atoms in total. The minimum absolute atomic E-state index is 0.553. The van der Waals surface area contributed by atoms with Gasteiger partial charge in [0.2, 0.25) is 0 Å². The molecule has 1 atom stereocenters. The largest absolute Gasteiger partial charge is 0.310 e. The average molecular weight is 311 g/mol. The van der Waals surface area contributed by atoms with Crippen molar-refractivity contribution in [1.29, 1.82) is 0 Å². The molecule has 21 heavy (non-hydrogen) atoms. The predicted molar refractivity (Wildman–Crippen MR) is 96.1 cm³/mol. The molecule has 1 heterocycles. The SMILES string of the molecule is CCCCN(Cc1cc(CNC(C)C)sc1C)C(C)CC. The van der Waals surface area contributed by atoms with E-state index >= 15 is 0 Å². The molecule has 3 heteroatoms. The van der Waals surface area contributed by atoms with Crippen LogP contribution in [-0.4, -0.2) is 23.5 Å². The maximum Gasteiger partial charge on any atom is 0.0302 e. The molecule has 0 aliphatic rings. The van der Waals surface area contributed by atoms with Crippen LogP contribution in [0.2, 0.25) is 0 Å². The van der Waals surface area contributed by atoms with E-state index in [1.54, 1.807) is 0 Å². The number of hydrogen-bond acceptors (Lipinski definition) is 3. The highest BCUT2D eigenvalue weighted by Crippen LogP contribution is 2.24. The molecular formula is C18H34N2S. The van der Waals surface area contributed by atoms with Gasteiger partial charge < -0.3 is 5.32 Å². The normalized spacial score (nSPS) is 13.3. The summed E-state index contributed by atoms with van der Waals surface area (Å²) >= 11 is 1.95. The Balaban J connectivity index is 2.69. The molecule has 0 radical (unpaired) electrons. The van der Waals surface area contributed by atoms with Crippen LogP contribution in [0.1, 0.15) is 69.2 Å². The van der Waals surface area contributed by atoms with Crippen molar-refractivity contribution in [2.45, 2.75) is 86.0 Å². The third-order valence-corrected chi connectivity index (χ3v) is 5.24. The van der Waals surface area contributed by atoms with Gasteiger partial charge in [0.05, 0.1) is 0 Å². The van der Waals surface area contributed by atoms with Gasteiger partial charge in [-0.25, -0.2) is 0 Å². The topological polar surface area (TPSA) is 15.3 Å². The standard InChI is InChI=1S/C18H34N2S/c1-7-9-10-20(15(5)8-2)13-17-11-18(21-16(17)6)12-19-14(3)4/h11,14-15,19H,7-10,12-13H2,1-6H3. The van der Waals surface area contributed by atoms with E-state index in [9.17, 15) is 0 Å². The summed E-state index contributed by atoms with van der Waals surface area (Å²) in [7, 11) is 0. The third-order valence-electron chi connectivity index (χ3n) is 4.14. The van der Waals surface area contributed by atoms with Crippen LogP contribution in [0.15, 0.2) is 6.07 Å². The molecule has 1 unspecified atom stereocenters. The van der Waals surface area contributed by atoms with E-state index in [2.05, 4.69) is 57.8 Å².